The Hall–Kier alpha value is -2.82. The first kappa shape index (κ1) is 16.5. The molecule has 1 amide bonds. The highest BCUT2D eigenvalue weighted by atomic mass is 16.6. The highest BCUT2D eigenvalue weighted by molar-refractivity contribution is 6.03. The van der Waals surface area contributed by atoms with Gasteiger partial charge in [-0.2, -0.15) is 0 Å². The Labute approximate surface area is 134 Å². The molecule has 0 spiro atoms. The van der Waals surface area contributed by atoms with Crippen LogP contribution in [0, 0.1) is 0 Å². The zero-order valence-electron chi connectivity index (χ0n) is 13.4. The summed E-state index contributed by atoms with van der Waals surface area (Å²) in [5.74, 6) is -0.506. The maximum absolute atomic E-state index is 12.0. The minimum atomic E-state index is -0.590. The molecule has 23 heavy (non-hydrogen) atoms. The van der Waals surface area contributed by atoms with Crippen molar-refractivity contribution in [3.05, 3.63) is 54.8 Å². The molecule has 2 aromatic rings. The van der Waals surface area contributed by atoms with Crippen LogP contribution in [0.4, 0.5) is 10.5 Å². The maximum Gasteiger partial charge on any atom is 0.412 e. The molecule has 0 unspecified atom stereocenters. The molecule has 0 fully saturated rings. The zero-order chi connectivity index (χ0) is 17.0. The first-order valence-electron chi connectivity index (χ1n) is 7.15. The van der Waals surface area contributed by atoms with Crippen molar-refractivity contribution in [2.75, 3.05) is 5.32 Å². The normalized spacial score (nSPS) is 10.9. The van der Waals surface area contributed by atoms with Crippen LogP contribution in [0.25, 0.3) is 10.8 Å². The van der Waals surface area contributed by atoms with Gasteiger partial charge >= 0.3 is 12.1 Å². The second kappa shape index (κ2) is 6.52. The van der Waals surface area contributed by atoms with Gasteiger partial charge in [-0.25, -0.2) is 9.59 Å². The Morgan fingerprint density at radius 1 is 1.17 bits per heavy atom. The monoisotopic (exact) mass is 313 g/mol. The molecule has 0 saturated heterocycles. The number of carbonyl (C=O) groups is 2. The van der Waals surface area contributed by atoms with E-state index in [1.807, 2.05) is 12.1 Å². The second-order valence-corrected chi connectivity index (χ2v) is 5.94. The summed E-state index contributed by atoms with van der Waals surface area (Å²) < 4.78 is 10.0. The van der Waals surface area contributed by atoms with Crippen LogP contribution in [0.5, 0.6) is 0 Å². The third-order valence-electron chi connectivity index (χ3n) is 2.94. The Morgan fingerprint density at radius 2 is 1.91 bits per heavy atom. The van der Waals surface area contributed by atoms with Gasteiger partial charge in [0.05, 0.1) is 17.5 Å². The number of fused-ring (bicyclic) bond motifs is 1. The summed E-state index contributed by atoms with van der Waals surface area (Å²) in [4.78, 5) is 23.8. The van der Waals surface area contributed by atoms with Gasteiger partial charge in [0, 0.05) is 5.39 Å². The predicted molar refractivity (Wildman–Crippen MR) is 89.4 cm³/mol. The quantitative estimate of drug-likeness (QED) is 0.670. The van der Waals surface area contributed by atoms with Crippen molar-refractivity contribution in [1.29, 1.82) is 0 Å². The number of benzene rings is 2. The number of esters is 1. The largest absolute Gasteiger partial charge is 0.444 e. The fourth-order valence-electron chi connectivity index (χ4n) is 2.07. The van der Waals surface area contributed by atoms with Crippen LogP contribution in [0.3, 0.4) is 0 Å². The molecule has 2 aromatic carbocycles. The summed E-state index contributed by atoms with van der Waals surface area (Å²) in [5, 5.41) is 4.31. The lowest BCUT2D eigenvalue weighted by Gasteiger charge is -2.20. The number of hydrogen-bond donors (Lipinski definition) is 1. The summed E-state index contributed by atoms with van der Waals surface area (Å²) in [6, 6.07) is 10.6. The molecule has 0 saturated carbocycles. The molecule has 0 bridgehead atoms. The average Bonchev–Trinajstić information content (AvgIpc) is 2.45. The fourth-order valence-corrected chi connectivity index (χ4v) is 2.07. The SMILES string of the molecule is C=COC(=O)c1ccc2cccc(NC(=O)OC(C)(C)C)c2c1. The first-order valence-corrected chi connectivity index (χ1v) is 7.15. The predicted octanol–water partition coefficient (Wildman–Crippen LogP) is 4.49. The van der Waals surface area contributed by atoms with E-state index in [1.54, 1.807) is 45.0 Å². The highest BCUT2D eigenvalue weighted by Crippen LogP contribution is 2.25. The molecule has 2 rings (SSSR count). The molecule has 120 valence electrons. The van der Waals surface area contributed by atoms with Crippen molar-refractivity contribution in [2.45, 2.75) is 26.4 Å². The smallest absolute Gasteiger partial charge is 0.412 e. The van der Waals surface area contributed by atoms with Gasteiger partial charge in [0.1, 0.15) is 5.60 Å². The van der Waals surface area contributed by atoms with Crippen molar-refractivity contribution >= 4 is 28.5 Å². The Morgan fingerprint density at radius 3 is 2.57 bits per heavy atom. The summed E-state index contributed by atoms with van der Waals surface area (Å²) in [5.41, 5.74) is 0.342. The van der Waals surface area contributed by atoms with E-state index >= 15 is 0 Å². The number of carbonyl (C=O) groups excluding carboxylic acids is 2. The topological polar surface area (TPSA) is 64.6 Å². The van der Waals surface area contributed by atoms with Gasteiger partial charge < -0.3 is 9.47 Å². The van der Waals surface area contributed by atoms with Crippen molar-refractivity contribution in [2.24, 2.45) is 0 Å². The number of ether oxygens (including phenoxy) is 2. The van der Waals surface area contributed by atoms with Gasteiger partial charge in [-0.1, -0.05) is 24.8 Å². The molecule has 5 nitrogen and oxygen atoms in total. The molecule has 0 aliphatic rings. The molecule has 0 atom stereocenters. The van der Waals surface area contributed by atoms with Crippen LogP contribution in [-0.4, -0.2) is 17.7 Å². The number of hydrogen-bond acceptors (Lipinski definition) is 4. The van der Waals surface area contributed by atoms with Crippen molar-refractivity contribution in [3.8, 4) is 0 Å². The third kappa shape index (κ3) is 4.32. The maximum atomic E-state index is 12.0. The van der Waals surface area contributed by atoms with Crippen molar-refractivity contribution in [3.63, 3.8) is 0 Å². The van der Waals surface area contributed by atoms with Crippen LogP contribution in [0.2, 0.25) is 0 Å². The van der Waals surface area contributed by atoms with E-state index in [2.05, 4.69) is 11.9 Å². The van der Waals surface area contributed by atoms with Gasteiger partial charge in [-0.15, -0.1) is 0 Å². The van der Waals surface area contributed by atoms with E-state index in [1.165, 1.54) is 0 Å². The standard InChI is InChI=1S/C18H19NO4/c1-5-22-16(20)13-10-9-12-7-6-8-15(14(12)11-13)19-17(21)23-18(2,3)4/h5-11H,1H2,2-4H3,(H,19,21). The molecule has 0 aliphatic heterocycles. The van der Waals surface area contributed by atoms with E-state index < -0.39 is 17.7 Å². The van der Waals surface area contributed by atoms with Crippen molar-refractivity contribution in [1.82, 2.24) is 0 Å². The van der Waals surface area contributed by atoms with E-state index in [4.69, 9.17) is 9.47 Å². The Bertz CT molecular complexity index is 759. The number of amides is 1. The van der Waals surface area contributed by atoms with Crippen LogP contribution >= 0.6 is 0 Å². The van der Waals surface area contributed by atoms with E-state index in [0.717, 1.165) is 17.0 Å². The van der Waals surface area contributed by atoms with Crippen LogP contribution in [0.15, 0.2) is 49.2 Å². The van der Waals surface area contributed by atoms with Gasteiger partial charge in [0.15, 0.2) is 0 Å². The highest BCUT2D eigenvalue weighted by Gasteiger charge is 2.17. The summed E-state index contributed by atoms with van der Waals surface area (Å²) in [6.07, 6.45) is 0.529. The number of anilines is 1. The van der Waals surface area contributed by atoms with E-state index in [9.17, 15) is 9.59 Å². The number of nitrogens with one attached hydrogen (secondary N) is 1. The van der Waals surface area contributed by atoms with Gasteiger partial charge in [0.25, 0.3) is 0 Å². The van der Waals surface area contributed by atoms with E-state index in [0.29, 0.717) is 11.3 Å². The second-order valence-electron chi connectivity index (χ2n) is 5.94. The van der Waals surface area contributed by atoms with Crippen LogP contribution in [0.1, 0.15) is 31.1 Å². The molecular weight excluding hydrogens is 294 g/mol. The molecule has 0 aliphatic carbocycles. The number of rotatable bonds is 3. The average molecular weight is 313 g/mol. The first-order chi connectivity index (χ1) is 10.8. The van der Waals surface area contributed by atoms with Crippen LogP contribution in [-0.2, 0) is 9.47 Å². The molecule has 0 aromatic heterocycles. The Kier molecular flexibility index (Phi) is 4.69. The summed E-state index contributed by atoms with van der Waals surface area (Å²) in [7, 11) is 0. The minimum absolute atomic E-state index is 0.371. The molecule has 1 N–H and O–H groups in total. The lowest BCUT2D eigenvalue weighted by Crippen LogP contribution is -2.27. The lowest BCUT2D eigenvalue weighted by molar-refractivity contribution is 0.0633. The summed E-state index contributed by atoms with van der Waals surface area (Å²) in [6.45, 7) is 8.74. The van der Waals surface area contributed by atoms with Crippen LogP contribution < -0.4 is 5.32 Å². The van der Waals surface area contributed by atoms with Crippen molar-refractivity contribution < 1.29 is 19.1 Å². The van der Waals surface area contributed by atoms with Gasteiger partial charge in [0.2, 0.25) is 0 Å². The molecule has 0 radical (unpaired) electrons. The molecular formula is C18H19NO4. The molecule has 5 heteroatoms. The minimum Gasteiger partial charge on any atom is -0.444 e. The third-order valence-corrected chi connectivity index (χ3v) is 2.94. The molecule has 0 heterocycles. The Balaban J connectivity index is 2.36. The zero-order valence-corrected chi connectivity index (χ0v) is 13.4. The summed E-state index contributed by atoms with van der Waals surface area (Å²) >= 11 is 0. The fraction of sp³-hybridized carbons (Fsp3) is 0.222. The van der Waals surface area contributed by atoms with E-state index in [-0.39, 0.29) is 0 Å². The van der Waals surface area contributed by atoms with Gasteiger partial charge in [-0.05, 0) is 44.4 Å². The van der Waals surface area contributed by atoms with Gasteiger partial charge in [-0.3, -0.25) is 5.32 Å². The lowest BCUT2D eigenvalue weighted by atomic mass is 10.1.